The fourth-order valence-electron chi connectivity index (χ4n) is 2.39. The zero-order valence-electron chi connectivity index (χ0n) is 9.09. The third-order valence-electron chi connectivity index (χ3n) is 3.37. The van der Waals surface area contributed by atoms with E-state index in [-0.39, 0.29) is 11.6 Å². The normalized spacial score (nSPS) is 21.8. The Kier molecular flexibility index (Phi) is 4.44. The van der Waals surface area contributed by atoms with E-state index >= 15 is 0 Å². The van der Waals surface area contributed by atoms with Crippen molar-refractivity contribution in [2.45, 2.75) is 56.6 Å². The van der Waals surface area contributed by atoms with Crippen molar-refractivity contribution < 1.29 is 4.74 Å². The highest BCUT2D eigenvalue weighted by molar-refractivity contribution is 4.95. The average Bonchev–Trinajstić information content (AvgIpc) is 2.67. The number of unbranched alkanes of at least 4 members (excludes halogenated alkanes) is 1. The molecule has 80 valence electrons. The number of ether oxygens (including phenoxy) is 1. The number of rotatable bonds is 5. The summed E-state index contributed by atoms with van der Waals surface area (Å²) in [4.78, 5) is 0. The summed E-state index contributed by atoms with van der Waals surface area (Å²) >= 11 is 0. The number of nitrogens with two attached hydrogens (primary N) is 1. The molecule has 0 aromatic rings. The van der Waals surface area contributed by atoms with E-state index in [1.807, 2.05) is 0 Å². The average molecular weight is 195 g/mol. The van der Waals surface area contributed by atoms with Gasteiger partial charge in [0, 0.05) is 19.6 Å². The summed E-state index contributed by atoms with van der Waals surface area (Å²) in [5.74, 6) is 2.65. The van der Waals surface area contributed by atoms with E-state index in [4.69, 9.17) is 16.9 Å². The van der Waals surface area contributed by atoms with Crippen molar-refractivity contribution in [1.82, 2.24) is 0 Å². The van der Waals surface area contributed by atoms with Crippen LogP contribution in [0.3, 0.4) is 0 Å². The van der Waals surface area contributed by atoms with Gasteiger partial charge < -0.3 is 10.5 Å². The van der Waals surface area contributed by atoms with Crippen LogP contribution in [0.15, 0.2) is 0 Å². The van der Waals surface area contributed by atoms with Gasteiger partial charge in [0.15, 0.2) is 0 Å². The van der Waals surface area contributed by atoms with Gasteiger partial charge in [-0.05, 0) is 25.7 Å². The smallest absolute Gasteiger partial charge is 0.0828 e. The fourth-order valence-corrected chi connectivity index (χ4v) is 2.39. The summed E-state index contributed by atoms with van der Waals surface area (Å²) < 4.78 is 5.61. The molecule has 14 heavy (non-hydrogen) atoms. The summed E-state index contributed by atoms with van der Waals surface area (Å²) in [6, 6.07) is 0.156. The minimum Gasteiger partial charge on any atom is -0.377 e. The van der Waals surface area contributed by atoms with Crippen molar-refractivity contribution in [2.75, 3.05) is 7.11 Å². The highest BCUT2D eigenvalue weighted by Gasteiger charge is 2.38. The largest absolute Gasteiger partial charge is 0.377 e. The molecule has 1 aliphatic carbocycles. The van der Waals surface area contributed by atoms with Crippen LogP contribution in [0.5, 0.6) is 0 Å². The Morgan fingerprint density at radius 3 is 2.64 bits per heavy atom. The van der Waals surface area contributed by atoms with Crippen LogP contribution in [0, 0.1) is 12.3 Å². The third kappa shape index (κ3) is 2.50. The molecule has 1 fully saturated rings. The number of terminal acetylenes is 1. The minimum atomic E-state index is -0.0470. The minimum absolute atomic E-state index is 0.0470. The second-order valence-corrected chi connectivity index (χ2v) is 4.18. The van der Waals surface area contributed by atoms with Gasteiger partial charge in [0.25, 0.3) is 0 Å². The van der Waals surface area contributed by atoms with Crippen LogP contribution < -0.4 is 5.73 Å². The molecular formula is C12H21NO. The lowest BCUT2D eigenvalue weighted by atomic mass is 9.89. The van der Waals surface area contributed by atoms with Gasteiger partial charge in [0.1, 0.15) is 0 Å². The lowest BCUT2D eigenvalue weighted by Crippen LogP contribution is -2.47. The molecule has 2 N–H and O–H groups in total. The molecule has 1 saturated carbocycles. The molecule has 0 aromatic carbocycles. The van der Waals surface area contributed by atoms with E-state index in [0.29, 0.717) is 0 Å². The van der Waals surface area contributed by atoms with E-state index < -0.39 is 0 Å². The first-order valence-electron chi connectivity index (χ1n) is 5.49. The summed E-state index contributed by atoms with van der Waals surface area (Å²) in [5, 5.41) is 0. The van der Waals surface area contributed by atoms with E-state index in [1.54, 1.807) is 7.11 Å². The van der Waals surface area contributed by atoms with Crippen molar-refractivity contribution in [3.63, 3.8) is 0 Å². The van der Waals surface area contributed by atoms with Gasteiger partial charge in [0.2, 0.25) is 0 Å². The number of methoxy groups -OCH3 is 1. The predicted octanol–water partition coefficient (Wildman–Crippen LogP) is 2.08. The zero-order chi connectivity index (χ0) is 10.4. The molecule has 1 aliphatic rings. The maximum atomic E-state index is 6.17. The Balaban J connectivity index is 2.40. The lowest BCUT2D eigenvalue weighted by Gasteiger charge is -2.33. The lowest BCUT2D eigenvalue weighted by molar-refractivity contribution is -0.0277. The highest BCUT2D eigenvalue weighted by atomic mass is 16.5. The first kappa shape index (κ1) is 11.6. The topological polar surface area (TPSA) is 35.2 Å². The maximum absolute atomic E-state index is 6.17. The maximum Gasteiger partial charge on any atom is 0.0828 e. The van der Waals surface area contributed by atoms with Crippen LogP contribution in [0.25, 0.3) is 0 Å². The summed E-state index contributed by atoms with van der Waals surface area (Å²) in [7, 11) is 1.78. The molecule has 1 unspecified atom stereocenters. The van der Waals surface area contributed by atoms with Gasteiger partial charge in [-0.15, -0.1) is 12.3 Å². The first-order valence-corrected chi connectivity index (χ1v) is 5.49. The van der Waals surface area contributed by atoms with Gasteiger partial charge in [0.05, 0.1) is 5.60 Å². The molecule has 1 atom stereocenters. The van der Waals surface area contributed by atoms with Crippen LogP contribution in [0.4, 0.5) is 0 Å². The van der Waals surface area contributed by atoms with Crippen molar-refractivity contribution >= 4 is 0 Å². The Bertz CT molecular complexity index is 201. The van der Waals surface area contributed by atoms with Crippen LogP contribution >= 0.6 is 0 Å². The van der Waals surface area contributed by atoms with Crippen LogP contribution in [-0.4, -0.2) is 18.8 Å². The SMILES string of the molecule is C#CCCCC(N)C1(OC)CCCC1. The zero-order valence-corrected chi connectivity index (χ0v) is 9.09. The molecule has 0 saturated heterocycles. The van der Waals surface area contributed by atoms with Crippen LogP contribution in [0.2, 0.25) is 0 Å². The number of hydrogen-bond acceptors (Lipinski definition) is 2. The first-order chi connectivity index (χ1) is 6.75. The molecule has 0 bridgehead atoms. The van der Waals surface area contributed by atoms with Crippen molar-refractivity contribution in [3.8, 4) is 12.3 Å². The third-order valence-corrected chi connectivity index (χ3v) is 3.37. The molecule has 0 amide bonds. The Hall–Kier alpha value is -0.520. The number of hydrogen-bond donors (Lipinski definition) is 1. The van der Waals surface area contributed by atoms with E-state index in [1.165, 1.54) is 12.8 Å². The molecule has 0 aromatic heterocycles. The second kappa shape index (κ2) is 5.38. The van der Waals surface area contributed by atoms with Gasteiger partial charge in [-0.2, -0.15) is 0 Å². The molecule has 0 aliphatic heterocycles. The molecular weight excluding hydrogens is 174 g/mol. The Morgan fingerprint density at radius 1 is 1.50 bits per heavy atom. The van der Waals surface area contributed by atoms with Gasteiger partial charge in [-0.1, -0.05) is 12.8 Å². The Labute approximate surface area is 87.2 Å². The Morgan fingerprint density at radius 2 is 2.14 bits per heavy atom. The van der Waals surface area contributed by atoms with Crippen LogP contribution in [-0.2, 0) is 4.74 Å². The molecule has 0 radical (unpaired) electrons. The van der Waals surface area contributed by atoms with Crippen LogP contribution in [0.1, 0.15) is 44.9 Å². The van der Waals surface area contributed by atoms with E-state index in [0.717, 1.165) is 32.1 Å². The van der Waals surface area contributed by atoms with Crippen molar-refractivity contribution in [1.29, 1.82) is 0 Å². The quantitative estimate of drug-likeness (QED) is 0.538. The molecule has 1 rings (SSSR count). The molecule has 0 spiro atoms. The highest BCUT2D eigenvalue weighted by Crippen LogP contribution is 2.36. The standard InChI is InChI=1S/C12H21NO/c1-3-4-5-8-11(13)12(14-2)9-6-7-10-12/h1,11H,4-10,13H2,2H3. The van der Waals surface area contributed by atoms with Gasteiger partial charge in [-0.3, -0.25) is 0 Å². The second-order valence-electron chi connectivity index (χ2n) is 4.18. The molecule has 0 heterocycles. The monoisotopic (exact) mass is 195 g/mol. The van der Waals surface area contributed by atoms with E-state index in [2.05, 4.69) is 5.92 Å². The van der Waals surface area contributed by atoms with E-state index in [9.17, 15) is 0 Å². The molecule has 2 heteroatoms. The summed E-state index contributed by atoms with van der Waals surface area (Å²) in [6.45, 7) is 0. The summed E-state index contributed by atoms with van der Waals surface area (Å²) in [6.07, 6.45) is 12.8. The summed E-state index contributed by atoms with van der Waals surface area (Å²) in [5.41, 5.74) is 6.12. The van der Waals surface area contributed by atoms with Crippen molar-refractivity contribution in [3.05, 3.63) is 0 Å². The van der Waals surface area contributed by atoms with Gasteiger partial charge >= 0.3 is 0 Å². The van der Waals surface area contributed by atoms with Gasteiger partial charge in [-0.25, -0.2) is 0 Å². The molecule has 2 nitrogen and oxygen atoms in total. The predicted molar refractivity (Wildman–Crippen MR) is 58.9 cm³/mol. The fraction of sp³-hybridized carbons (Fsp3) is 0.833. The van der Waals surface area contributed by atoms with Crippen molar-refractivity contribution in [2.24, 2.45) is 5.73 Å².